The van der Waals surface area contributed by atoms with Crippen LogP contribution in [0.15, 0.2) is 18.2 Å². The molecular weight excluding hydrogens is 242 g/mol. The van der Waals surface area contributed by atoms with E-state index in [1.807, 2.05) is 6.07 Å². The van der Waals surface area contributed by atoms with Crippen molar-refractivity contribution in [2.45, 2.75) is 0 Å². The van der Waals surface area contributed by atoms with Crippen LogP contribution in [-0.4, -0.2) is 43.8 Å². The maximum atomic E-state index is 11.3. The lowest BCUT2D eigenvalue weighted by molar-refractivity contribution is 0.0696. The molecule has 5 nitrogen and oxygen atoms in total. The van der Waals surface area contributed by atoms with Crippen LogP contribution in [0.5, 0.6) is 0 Å². The summed E-state index contributed by atoms with van der Waals surface area (Å²) in [5, 5.41) is 12.5. The number of hydrogen-bond donors (Lipinski definition) is 3. The third kappa shape index (κ3) is 3.25. The normalized spacial score (nSPS) is 14.7. The molecule has 1 fully saturated rings. The Balaban J connectivity index is 2.32. The van der Waals surface area contributed by atoms with Crippen molar-refractivity contribution in [2.75, 3.05) is 37.6 Å². The molecule has 1 aromatic carbocycles. The fraction of sp³-hybridized carbons (Fsp3) is 0.357. The lowest BCUT2D eigenvalue weighted by Gasteiger charge is -2.29. The van der Waals surface area contributed by atoms with Gasteiger partial charge in [0, 0.05) is 37.4 Å². The first-order valence-corrected chi connectivity index (χ1v) is 6.24. The second-order valence-electron chi connectivity index (χ2n) is 4.28. The van der Waals surface area contributed by atoms with E-state index < -0.39 is 5.97 Å². The molecule has 4 N–H and O–H groups in total. The van der Waals surface area contributed by atoms with Crippen LogP contribution in [0, 0.1) is 11.8 Å². The van der Waals surface area contributed by atoms with E-state index in [0.717, 1.165) is 31.9 Å². The molecule has 0 atom stereocenters. The van der Waals surface area contributed by atoms with Gasteiger partial charge in [-0.15, -0.1) is 0 Å². The fourth-order valence-electron chi connectivity index (χ4n) is 2.08. The third-order valence-corrected chi connectivity index (χ3v) is 3.04. The summed E-state index contributed by atoms with van der Waals surface area (Å²) in [5.41, 5.74) is 6.99. The molecule has 0 aliphatic carbocycles. The molecule has 0 spiro atoms. The maximum Gasteiger partial charge on any atom is 0.337 e. The molecule has 100 valence electrons. The van der Waals surface area contributed by atoms with Crippen molar-refractivity contribution in [3.63, 3.8) is 0 Å². The monoisotopic (exact) mass is 259 g/mol. The molecular formula is C14H17N3O2. The first-order valence-electron chi connectivity index (χ1n) is 6.24. The van der Waals surface area contributed by atoms with E-state index in [1.54, 1.807) is 12.1 Å². The van der Waals surface area contributed by atoms with Gasteiger partial charge in [-0.1, -0.05) is 11.8 Å². The molecule has 0 bridgehead atoms. The topological polar surface area (TPSA) is 78.6 Å². The van der Waals surface area contributed by atoms with Gasteiger partial charge in [-0.25, -0.2) is 4.79 Å². The molecule has 2 rings (SSSR count). The average molecular weight is 259 g/mol. The van der Waals surface area contributed by atoms with Crippen molar-refractivity contribution in [1.82, 2.24) is 5.32 Å². The predicted octanol–water partition coefficient (Wildman–Crippen LogP) is 0.105. The van der Waals surface area contributed by atoms with Gasteiger partial charge in [0.15, 0.2) is 0 Å². The average Bonchev–Trinajstić information content (AvgIpc) is 2.45. The van der Waals surface area contributed by atoms with E-state index in [1.165, 1.54) is 0 Å². The number of carboxylic acid groups (broad SMARTS) is 1. The van der Waals surface area contributed by atoms with E-state index in [4.69, 9.17) is 5.73 Å². The zero-order valence-electron chi connectivity index (χ0n) is 10.6. The highest BCUT2D eigenvalue weighted by Gasteiger charge is 2.15. The van der Waals surface area contributed by atoms with E-state index in [0.29, 0.717) is 5.56 Å². The Morgan fingerprint density at radius 1 is 1.42 bits per heavy atom. The molecule has 1 aromatic rings. The molecule has 0 radical (unpaired) electrons. The number of nitrogens with one attached hydrogen (secondary N) is 1. The van der Waals surface area contributed by atoms with Crippen molar-refractivity contribution >= 4 is 11.7 Å². The van der Waals surface area contributed by atoms with Crippen LogP contribution < -0.4 is 16.0 Å². The fourth-order valence-corrected chi connectivity index (χ4v) is 2.08. The molecule has 0 unspecified atom stereocenters. The summed E-state index contributed by atoms with van der Waals surface area (Å²) in [5.74, 6) is 4.53. The summed E-state index contributed by atoms with van der Waals surface area (Å²) in [7, 11) is 0. The Morgan fingerprint density at radius 2 is 2.16 bits per heavy atom. The number of carbonyl (C=O) groups is 1. The second kappa shape index (κ2) is 6.23. The van der Waals surface area contributed by atoms with Gasteiger partial charge in [-0.05, 0) is 18.2 Å². The van der Waals surface area contributed by atoms with Crippen LogP contribution in [0.3, 0.4) is 0 Å². The van der Waals surface area contributed by atoms with Crippen molar-refractivity contribution in [3.05, 3.63) is 29.3 Å². The van der Waals surface area contributed by atoms with Crippen LogP contribution >= 0.6 is 0 Å². The Bertz CT molecular complexity index is 525. The van der Waals surface area contributed by atoms with Gasteiger partial charge in [0.2, 0.25) is 0 Å². The summed E-state index contributed by atoms with van der Waals surface area (Å²) in [6.45, 7) is 3.81. The number of aromatic carboxylic acids is 1. The standard InChI is InChI=1S/C14H17N3O2/c15-5-1-2-11-3-4-12(10-13(11)14(18)19)17-8-6-16-7-9-17/h3-4,10,16H,5-9,15H2,(H,18,19). The molecule has 5 heteroatoms. The zero-order valence-corrected chi connectivity index (χ0v) is 10.6. The van der Waals surface area contributed by atoms with E-state index in [-0.39, 0.29) is 12.1 Å². The molecule has 1 aliphatic heterocycles. The SMILES string of the molecule is NCC#Cc1ccc(N2CCNCC2)cc1C(=O)O. The summed E-state index contributed by atoms with van der Waals surface area (Å²) in [6.07, 6.45) is 0. The maximum absolute atomic E-state index is 11.3. The first kappa shape index (κ1) is 13.4. The van der Waals surface area contributed by atoms with Crippen molar-refractivity contribution in [2.24, 2.45) is 5.73 Å². The number of rotatable bonds is 2. The van der Waals surface area contributed by atoms with Crippen LogP contribution in [-0.2, 0) is 0 Å². The van der Waals surface area contributed by atoms with Crippen molar-refractivity contribution in [1.29, 1.82) is 0 Å². The van der Waals surface area contributed by atoms with Gasteiger partial charge in [-0.2, -0.15) is 0 Å². The van der Waals surface area contributed by atoms with Gasteiger partial charge in [0.05, 0.1) is 12.1 Å². The minimum atomic E-state index is -0.960. The zero-order chi connectivity index (χ0) is 13.7. The lowest BCUT2D eigenvalue weighted by atomic mass is 10.1. The number of benzene rings is 1. The van der Waals surface area contributed by atoms with Crippen LogP contribution in [0.2, 0.25) is 0 Å². The van der Waals surface area contributed by atoms with Crippen LogP contribution in [0.4, 0.5) is 5.69 Å². The summed E-state index contributed by atoms with van der Waals surface area (Å²) >= 11 is 0. The molecule has 1 saturated heterocycles. The van der Waals surface area contributed by atoms with Crippen LogP contribution in [0.1, 0.15) is 15.9 Å². The van der Waals surface area contributed by atoms with E-state index in [2.05, 4.69) is 22.1 Å². The predicted molar refractivity (Wildman–Crippen MR) is 74.4 cm³/mol. The van der Waals surface area contributed by atoms with Crippen molar-refractivity contribution < 1.29 is 9.90 Å². The van der Waals surface area contributed by atoms with Gasteiger partial charge in [0.25, 0.3) is 0 Å². The van der Waals surface area contributed by atoms with Crippen molar-refractivity contribution in [3.8, 4) is 11.8 Å². The van der Waals surface area contributed by atoms with Gasteiger partial charge in [-0.3, -0.25) is 0 Å². The third-order valence-electron chi connectivity index (χ3n) is 3.04. The summed E-state index contributed by atoms with van der Waals surface area (Å²) < 4.78 is 0. The number of hydrogen-bond acceptors (Lipinski definition) is 4. The highest BCUT2D eigenvalue weighted by atomic mass is 16.4. The number of carboxylic acids is 1. The Labute approximate surface area is 112 Å². The molecule has 19 heavy (non-hydrogen) atoms. The molecule has 0 aromatic heterocycles. The van der Waals surface area contributed by atoms with E-state index >= 15 is 0 Å². The minimum Gasteiger partial charge on any atom is -0.478 e. The number of nitrogens with zero attached hydrogens (tertiary/aromatic N) is 1. The molecule has 1 heterocycles. The van der Waals surface area contributed by atoms with Gasteiger partial charge >= 0.3 is 5.97 Å². The molecule has 0 saturated carbocycles. The van der Waals surface area contributed by atoms with E-state index in [9.17, 15) is 9.90 Å². The largest absolute Gasteiger partial charge is 0.478 e. The highest BCUT2D eigenvalue weighted by Crippen LogP contribution is 2.20. The van der Waals surface area contributed by atoms with Gasteiger partial charge in [0.1, 0.15) is 0 Å². The number of anilines is 1. The second-order valence-corrected chi connectivity index (χ2v) is 4.28. The number of piperazine rings is 1. The Kier molecular flexibility index (Phi) is 4.39. The first-order chi connectivity index (χ1) is 9.22. The Morgan fingerprint density at radius 3 is 2.79 bits per heavy atom. The molecule has 1 aliphatic rings. The quantitative estimate of drug-likeness (QED) is 0.657. The van der Waals surface area contributed by atoms with Gasteiger partial charge < -0.3 is 21.1 Å². The molecule has 0 amide bonds. The smallest absolute Gasteiger partial charge is 0.337 e. The summed E-state index contributed by atoms with van der Waals surface area (Å²) in [4.78, 5) is 13.5. The highest BCUT2D eigenvalue weighted by molar-refractivity contribution is 5.92. The minimum absolute atomic E-state index is 0.221. The lowest BCUT2D eigenvalue weighted by Crippen LogP contribution is -2.43. The number of nitrogens with two attached hydrogens (primary N) is 1. The van der Waals surface area contributed by atoms with Crippen LogP contribution in [0.25, 0.3) is 0 Å². The summed E-state index contributed by atoms with van der Waals surface area (Å²) in [6, 6.07) is 5.36. The Hall–Kier alpha value is -2.03.